The van der Waals surface area contributed by atoms with Crippen molar-refractivity contribution in [2.75, 3.05) is 19.9 Å². The van der Waals surface area contributed by atoms with Crippen LogP contribution in [-0.2, 0) is 17.8 Å². The Morgan fingerprint density at radius 1 is 1.26 bits per heavy atom. The van der Waals surface area contributed by atoms with Crippen molar-refractivity contribution >= 4 is 34.7 Å². The molecule has 1 saturated carbocycles. The summed E-state index contributed by atoms with van der Waals surface area (Å²) in [6.07, 6.45) is 8.16. The van der Waals surface area contributed by atoms with Crippen LogP contribution in [0.4, 0.5) is 5.95 Å². The monoisotopic (exact) mass is 481 g/mol. The van der Waals surface area contributed by atoms with Crippen LogP contribution in [0.5, 0.6) is 5.75 Å². The van der Waals surface area contributed by atoms with Crippen molar-refractivity contribution in [1.29, 1.82) is 0 Å². The van der Waals surface area contributed by atoms with Crippen LogP contribution in [0.3, 0.4) is 0 Å². The molecular formula is C24H31N7O2S. The number of amides is 1. The number of nitrogens with two attached hydrogens (primary N) is 1. The van der Waals surface area contributed by atoms with Gasteiger partial charge >= 0.3 is 0 Å². The lowest BCUT2D eigenvalue weighted by atomic mass is 9.94. The molecule has 2 N–H and O–H groups in total. The Morgan fingerprint density at radius 3 is 2.76 bits per heavy atom. The van der Waals surface area contributed by atoms with Crippen LogP contribution in [0.1, 0.15) is 54.6 Å². The number of nitrogen functional groups attached to an aromatic ring is 1. The van der Waals surface area contributed by atoms with Crippen molar-refractivity contribution in [2.45, 2.75) is 75.2 Å². The van der Waals surface area contributed by atoms with Crippen molar-refractivity contribution < 1.29 is 9.53 Å². The van der Waals surface area contributed by atoms with Gasteiger partial charge in [-0.25, -0.2) is 9.67 Å². The fraction of sp³-hybridized carbons (Fsp3) is 0.542. The molecule has 0 aromatic carbocycles. The van der Waals surface area contributed by atoms with Gasteiger partial charge in [-0.2, -0.15) is 10.1 Å². The summed E-state index contributed by atoms with van der Waals surface area (Å²) < 4.78 is 7.40. The van der Waals surface area contributed by atoms with Gasteiger partial charge in [-0.3, -0.25) is 9.78 Å². The maximum absolute atomic E-state index is 13.4. The molecule has 1 unspecified atom stereocenters. The van der Waals surface area contributed by atoms with E-state index in [-0.39, 0.29) is 17.1 Å². The first kappa shape index (κ1) is 22.9. The molecule has 1 aliphatic heterocycles. The van der Waals surface area contributed by atoms with Crippen LogP contribution in [-0.4, -0.2) is 61.0 Å². The van der Waals surface area contributed by atoms with E-state index in [1.807, 2.05) is 36.7 Å². The first-order valence-electron chi connectivity index (χ1n) is 11.8. The number of pyridine rings is 1. The largest absolute Gasteiger partial charge is 0.496 e. The average molecular weight is 482 g/mol. The number of ether oxygens (including phenoxy) is 1. The molecule has 5 rings (SSSR count). The molecule has 2 aliphatic rings. The highest BCUT2D eigenvalue weighted by Crippen LogP contribution is 2.39. The van der Waals surface area contributed by atoms with Gasteiger partial charge in [0.05, 0.1) is 35.7 Å². The van der Waals surface area contributed by atoms with Crippen LogP contribution in [0.2, 0.25) is 0 Å². The third kappa shape index (κ3) is 3.97. The second-order valence-electron chi connectivity index (χ2n) is 9.29. The number of nitrogens with zero attached hydrogens (tertiary/aromatic N) is 6. The lowest BCUT2D eigenvalue weighted by Gasteiger charge is -2.34. The summed E-state index contributed by atoms with van der Waals surface area (Å²) in [5.41, 5.74) is 10.4. The number of anilines is 1. The lowest BCUT2D eigenvalue weighted by molar-refractivity contribution is -0.132. The number of hydrogen-bond donors (Lipinski definition) is 1. The maximum Gasteiger partial charge on any atom is 0.236 e. The Labute approximate surface area is 203 Å². The fourth-order valence-electron chi connectivity index (χ4n) is 5.20. The molecule has 34 heavy (non-hydrogen) atoms. The minimum absolute atomic E-state index is 0.142. The topological polar surface area (TPSA) is 112 Å². The van der Waals surface area contributed by atoms with Gasteiger partial charge in [-0.15, -0.1) is 0 Å². The highest BCUT2D eigenvalue weighted by Gasteiger charge is 2.35. The Morgan fingerprint density at radius 2 is 2.03 bits per heavy atom. The van der Waals surface area contributed by atoms with Crippen LogP contribution in [0.25, 0.3) is 11.0 Å². The van der Waals surface area contributed by atoms with E-state index in [4.69, 9.17) is 15.6 Å². The van der Waals surface area contributed by atoms with Crippen LogP contribution >= 0.6 is 11.8 Å². The predicted molar refractivity (Wildman–Crippen MR) is 132 cm³/mol. The van der Waals surface area contributed by atoms with E-state index in [1.165, 1.54) is 31.0 Å². The second-order valence-corrected chi connectivity index (χ2v) is 10.5. The molecule has 180 valence electrons. The van der Waals surface area contributed by atoms with E-state index < -0.39 is 0 Å². The van der Waals surface area contributed by atoms with E-state index in [2.05, 4.69) is 15.0 Å². The standard InChI is InChI=1S/C24H31N7O2S/c1-13-11-26-17(14(2)20(13)33-4)12-31-21-19-16(29-31)10-18(34-22(19)28-24(25)27-21)23(32)30(3)15-8-6-5-7-9-15/h11,15,18H,5-10,12H2,1-4H3,(H2,25,27,28). The second kappa shape index (κ2) is 9.05. The van der Waals surface area contributed by atoms with Gasteiger partial charge in [-0.05, 0) is 26.7 Å². The third-order valence-electron chi connectivity index (χ3n) is 7.08. The highest BCUT2D eigenvalue weighted by molar-refractivity contribution is 8.00. The first-order valence-corrected chi connectivity index (χ1v) is 12.7. The highest BCUT2D eigenvalue weighted by atomic mass is 32.2. The normalized spacial score (nSPS) is 18.3. The third-order valence-corrected chi connectivity index (χ3v) is 8.25. The maximum atomic E-state index is 13.4. The smallest absolute Gasteiger partial charge is 0.236 e. The number of aromatic nitrogens is 5. The van der Waals surface area contributed by atoms with Crippen LogP contribution < -0.4 is 10.5 Å². The van der Waals surface area contributed by atoms with Gasteiger partial charge < -0.3 is 15.4 Å². The zero-order valence-corrected chi connectivity index (χ0v) is 21.0. The summed E-state index contributed by atoms with van der Waals surface area (Å²) >= 11 is 1.48. The van der Waals surface area contributed by atoms with Gasteiger partial charge in [0.2, 0.25) is 11.9 Å². The van der Waals surface area contributed by atoms with Crippen molar-refractivity contribution in [2.24, 2.45) is 0 Å². The molecule has 3 aromatic rings. The van der Waals surface area contributed by atoms with E-state index >= 15 is 0 Å². The lowest BCUT2D eigenvalue weighted by Crippen LogP contribution is -2.44. The molecule has 1 atom stereocenters. The molecule has 4 heterocycles. The number of hydrogen-bond acceptors (Lipinski definition) is 8. The molecule has 1 amide bonds. The predicted octanol–water partition coefficient (Wildman–Crippen LogP) is 3.29. The molecule has 1 fully saturated rings. The van der Waals surface area contributed by atoms with Crippen LogP contribution in [0.15, 0.2) is 11.2 Å². The van der Waals surface area contributed by atoms with Crippen molar-refractivity contribution in [3.8, 4) is 5.75 Å². The minimum Gasteiger partial charge on any atom is -0.496 e. The Kier molecular flexibility index (Phi) is 6.09. The summed E-state index contributed by atoms with van der Waals surface area (Å²) in [7, 11) is 3.61. The summed E-state index contributed by atoms with van der Waals surface area (Å²) in [5.74, 6) is 1.15. The number of rotatable bonds is 5. The van der Waals surface area contributed by atoms with Crippen LogP contribution in [0, 0.1) is 13.8 Å². The Balaban J connectivity index is 1.47. The molecule has 10 heteroatoms. The molecule has 0 saturated heterocycles. The number of thioether (sulfide) groups is 1. The number of methoxy groups -OCH3 is 1. The van der Waals surface area contributed by atoms with Gasteiger partial charge in [0.1, 0.15) is 10.8 Å². The van der Waals surface area contributed by atoms with E-state index in [0.29, 0.717) is 24.7 Å². The molecule has 0 radical (unpaired) electrons. The van der Waals surface area contributed by atoms with Gasteiger partial charge in [0.25, 0.3) is 0 Å². The van der Waals surface area contributed by atoms with Crippen molar-refractivity contribution in [3.05, 3.63) is 28.7 Å². The minimum atomic E-state index is -0.264. The fourth-order valence-corrected chi connectivity index (χ4v) is 6.45. The molecule has 1 aliphatic carbocycles. The van der Waals surface area contributed by atoms with E-state index in [0.717, 1.165) is 51.5 Å². The van der Waals surface area contributed by atoms with Gasteiger partial charge in [0.15, 0.2) is 5.65 Å². The average Bonchev–Trinajstić information content (AvgIpc) is 3.18. The van der Waals surface area contributed by atoms with Crippen molar-refractivity contribution in [3.63, 3.8) is 0 Å². The first-order chi connectivity index (χ1) is 16.4. The number of carbonyl (C=O) groups excluding carboxylic acids is 1. The number of carbonyl (C=O) groups is 1. The van der Waals surface area contributed by atoms with Gasteiger partial charge in [0, 0.05) is 36.8 Å². The molecular weight excluding hydrogens is 450 g/mol. The number of aryl methyl sites for hydroxylation is 1. The van der Waals surface area contributed by atoms with E-state index in [9.17, 15) is 4.79 Å². The molecule has 3 aromatic heterocycles. The SMILES string of the molecule is COc1c(C)cnc(Cn2nc3c4c(nc(N)nc42)SC(C(=O)N(C)C2CCCCC2)C3)c1C. The summed E-state index contributed by atoms with van der Waals surface area (Å²) in [6.45, 7) is 4.41. The van der Waals surface area contributed by atoms with Gasteiger partial charge in [-0.1, -0.05) is 31.0 Å². The zero-order chi connectivity index (χ0) is 24.0. The summed E-state index contributed by atoms with van der Waals surface area (Å²) in [4.78, 5) is 29.0. The Bertz CT molecular complexity index is 1250. The molecule has 0 bridgehead atoms. The molecule has 9 nitrogen and oxygen atoms in total. The summed E-state index contributed by atoms with van der Waals surface area (Å²) in [6, 6.07) is 0.321. The van der Waals surface area contributed by atoms with Crippen molar-refractivity contribution in [1.82, 2.24) is 29.6 Å². The van der Waals surface area contributed by atoms with E-state index in [1.54, 1.807) is 7.11 Å². The zero-order valence-electron chi connectivity index (χ0n) is 20.2. The Hall–Kier alpha value is -2.88. The molecule has 0 spiro atoms. The summed E-state index contributed by atoms with van der Waals surface area (Å²) in [5, 5.41) is 6.23. The quantitative estimate of drug-likeness (QED) is 0.553.